The summed E-state index contributed by atoms with van der Waals surface area (Å²) >= 11 is 0. The Morgan fingerprint density at radius 1 is 1.44 bits per heavy atom. The fourth-order valence-electron chi connectivity index (χ4n) is 4.28. The minimum atomic E-state index is -0.692. The van der Waals surface area contributed by atoms with Gasteiger partial charge in [0.05, 0.1) is 17.3 Å². The first kappa shape index (κ1) is 16.2. The normalized spacial score (nSPS) is 31.2. The first-order chi connectivity index (χ1) is 11.9. The summed E-state index contributed by atoms with van der Waals surface area (Å²) in [5.74, 6) is -0.439. The van der Waals surface area contributed by atoms with E-state index in [4.69, 9.17) is 10.5 Å². The van der Waals surface area contributed by atoms with Crippen LogP contribution in [0.25, 0.3) is 0 Å². The highest BCUT2D eigenvalue weighted by atomic mass is 16.5. The van der Waals surface area contributed by atoms with Crippen LogP contribution in [0, 0.1) is 6.92 Å². The molecule has 2 aliphatic heterocycles. The predicted molar refractivity (Wildman–Crippen MR) is 91.5 cm³/mol. The highest BCUT2D eigenvalue weighted by Crippen LogP contribution is 2.52. The second-order valence-corrected chi connectivity index (χ2v) is 7.33. The second-order valence-electron chi connectivity index (χ2n) is 7.33. The highest BCUT2D eigenvalue weighted by molar-refractivity contribution is 5.82. The molecular weight excluding hydrogens is 318 g/mol. The molecule has 4 atom stereocenters. The van der Waals surface area contributed by atoms with E-state index in [-0.39, 0.29) is 12.1 Å². The Morgan fingerprint density at radius 3 is 2.92 bits per heavy atom. The van der Waals surface area contributed by atoms with Crippen molar-refractivity contribution in [3.05, 3.63) is 46.8 Å². The maximum atomic E-state index is 12.0. The number of fused-ring (bicyclic) bond motifs is 2. The lowest BCUT2D eigenvalue weighted by atomic mass is 9.77. The quantitative estimate of drug-likeness (QED) is 0.861. The number of primary amides is 1. The Labute approximate surface area is 146 Å². The van der Waals surface area contributed by atoms with Crippen molar-refractivity contribution in [2.75, 3.05) is 0 Å². The fourth-order valence-corrected chi connectivity index (χ4v) is 4.28. The molecule has 1 spiro atoms. The molecule has 4 rings (SSSR count). The van der Waals surface area contributed by atoms with Gasteiger partial charge in [-0.2, -0.15) is 0 Å². The molecule has 2 unspecified atom stereocenters. The summed E-state index contributed by atoms with van der Waals surface area (Å²) in [6.45, 7) is 4.13. The van der Waals surface area contributed by atoms with E-state index in [9.17, 15) is 4.79 Å². The van der Waals surface area contributed by atoms with Gasteiger partial charge < -0.3 is 15.8 Å². The first-order valence-corrected chi connectivity index (χ1v) is 8.58. The molecule has 7 heteroatoms. The minimum absolute atomic E-state index is 0.0122. The number of aromatic nitrogens is 3. The Hall–Kier alpha value is -2.25. The van der Waals surface area contributed by atoms with Crippen LogP contribution in [-0.2, 0) is 22.2 Å². The molecule has 3 heterocycles. The molecule has 1 aromatic heterocycles. The maximum Gasteiger partial charge on any atom is 0.251 e. The van der Waals surface area contributed by atoms with Crippen LogP contribution in [0.15, 0.2) is 24.4 Å². The van der Waals surface area contributed by atoms with Crippen molar-refractivity contribution in [2.45, 2.75) is 50.5 Å². The van der Waals surface area contributed by atoms with E-state index >= 15 is 0 Å². The molecule has 132 valence electrons. The van der Waals surface area contributed by atoms with Crippen LogP contribution in [0.2, 0.25) is 0 Å². The molecular formula is C18H23N5O2. The van der Waals surface area contributed by atoms with Gasteiger partial charge in [0.1, 0.15) is 0 Å². The van der Waals surface area contributed by atoms with Crippen molar-refractivity contribution < 1.29 is 9.53 Å². The summed E-state index contributed by atoms with van der Waals surface area (Å²) in [4.78, 5) is 12.0. The zero-order valence-electron chi connectivity index (χ0n) is 14.7. The molecule has 3 N–H and O–H groups in total. The van der Waals surface area contributed by atoms with Crippen molar-refractivity contribution in [1.82, 2.24) is 20.3 Å². The number of carbonyl (C=O) groups excluding carboxylic acids is 1. The van der Waals surface area contributed by atoms with Crippen LogP contribution < -0.4 is 11.1 Å². The summed E-state index contributed by atoms with van der Waals surface area (Å²) in [5, 5.41) is 11.9. The number of hydrogen-bond acceptors (Lipinski definition) is 5. The molecule has 1 saturated heterocycles. The van der Waals surface area contributed by atoms with Crippen molar-refractivity contribution in [3.8, 4) is 0 Å². The summed E-state index contributed by atoms with van der Waals surface area (Å²) in [6, 6.07) is 6.39. The number of nitrogens with zero attached hydrogens (tertiary/aromatic N) is 3. The largest absolute Gasteiger partial charge is 0.367 e. The highest BCUT2D eigenvalue weighted by Gasteiger charge is 2.51. The molecule has 0 aliphatic carbocycles. The third kappa shape index (κ3) is 2.63. The zero-order valence-corrected chi connectivity index (χ0v) is 14.7. The first-order valence-electron chi connectivity index (χ1n) is 8.58. The lowest BCUT2D eigenvalue weighted by Gasteiger charge is -2.41. The third-order valence-corrected chi connectivity index (χ3v) is 5.22. The standard InChI is InChI=1S/C18H23N5O2/c1-10-4-5-13-12(6-10)16(17(19)24)25-18(13)7-11(2)20-14(8-18)15-9-23(3)22-21-15/h4-6,9,11,14,16,20H,7-8H2,1-3H3,(H2,19,24)/t11-,14-,16?,18?/m0/s1. The van der Waals surface area contributed by atoms with Crippen molar-refractivity contribution in [1.29, 1.82) is 0 Å². The lowest BCUT2D eigenvalue weighted by molar-refractivity contribution is -0.148. The molecule has 1 amide bonds. The summed E-state index contributed by atoms with van der Waals surface area (Å²) in [7, 11) is 1.85. The Balaban J connectivity index is 1.77. The zero-order chi connectivity index (χ0) is 17.8. The monoisotopic (exact) mass is 341 g/mol. The van der Waals surface area contributed by atoms with E-state index in [0.29, 0.717) is 6.42 Å². The number of nitrogens with one attached hydrogen (secondary N) is 1. The third-order valence-electron chi connectivity index (χ3n) is 5.22. The molecule has 0 bridgehead atoms. The topological polar surface area (TPSA) is 95.1 Å². The summed E-state index contributed by atoms with van der Waals surface area (Å²) in [5.41, 5.74) is 9.05. The predicted octanol–water partition coefficient (Wildman–Crippen LogP) is 1.39. The van der Waals surface area contributed by atoms with Gasteiger partial charge in [0.2, 0.25) is 0 Å². The van der Waals surface area contributed by atoms with Crippen LogP contribution in [0.5, 0.6) is 0 Å². The minimum Gasteiger partial charge on any atom is -0.367 e. The number of nitrogens with two attached hydrogens (primary N) is 1. The van der Waals surface area contributed by atoms with E-state index in [2.05, 4.69) is 34.7 Å². The van der Waals surface area contributed by atoms with Crippen molar-refractivity contribution in [2.24, 2.45) is 12.8 Å². The molecule has 2 aliphatic rings. The van der Waals surface area contributed by atoms with Crippen LogP contribution >= 0.6 is 0 Å². The molecule has 25 heavy (non-hydrogen) atoms. The SMILES string of the molecule is Cc1ccc2c(c1)C(C(N)=O)OC21C[C@@H](c2cn(C)nn2)N[C@@H](C)C1. The molecule has 0 saturated carbocycles. The fraction of sp³-hybridized carbons (Fsp3) is 0.500. The van der Waals surface area contributed by atoms with Gasteiger partial charge in [0.15, 0.2) is 6.10 Å². The summed E-state index contributed by atoms with van der Waals surface area (Å²) in [6.07, 6.45) is 2.70. The average Bonchev–Trinajstić information content (AvgIpc) is 3.09. The van der Waals surface area contributed by atoms with Crippen molar-refractivity contribution >= 4 is 5.91 Å². The van der Waals surface area contributed by atoms with Crippen LogP contribution in [0.4, 0.5) is 0 Å². The van der Waals surface area contributed by atoms with Gasteiger partial charge in [0.25, 0.3) is 5.91 Å². The Morgan fingerprint density at radius 2 is 2.24 bits per heavy atom. The smallest absolute Gasteiger partial charge is 0.251 e. The van der Waals surface area contributed by atoms with Crippen molar-refractivity contribution in [3.63, 3.8) is 0 Å². The lowest BCUT2D eigenvalue weighted by Crippen LogP contribution is -2.47. The van der Waals surface area contributed by atoms with Gasteiger partial charge in [-0.3, -0.25) is 9.48 Å². The molecule has 1 aromatic carbocycles. The van der Waals surface area contributed by atoms with Gasteiger partial charge in [-0.15, -0.1) is 5.10 Å². The number of benzene rings is 1. The van der Waals surface area contributed by atoms with Crippen LogP contribution in [0.3, 0.4) is 0 Å². The number of ether oxygens (including phenoxy) is 1. The Kier molecular flexibility index (Phi) is 3.66. The van der Waals surface area contributed by atoms with E-state index in [0.717, 1.165) is 28.8 Å². The van der Waals surface area contributed by atoms with Gasteiger partial charge >= 0.3 is 0 Å². The van der Waals surface area contributed by atoms with Crippen LogP contribution in [-0.4, -0.2) is 26.9 Å². The number of hydrogen-bond donors (Lipinski definition) is 2. The van der Waals surface area contributed by atoms with Gasteiger partial charge in [-0.25, -0.2) is 0 Å². The number of rotatable bonds is 2. The number of piperidine rings is 1. The van der Waals surface area contributed by atoms with E-state index in [1.165, 1.54) is 0 Å². The van der Waals surface area contributed by atoms with Gasteiger partial charge in [-0.05, 0) is 31.4 Å². The van der Waals surface area contributed by atoms with E-state index in [1.807, 2.05) is 26.2 Å². The number of amides is 1. The average molecular weight is 341 g/mol. The molecule has 0 radical (unpaired) electrons. The Bertz CT molecular complexity index is 833. The van der Waals surface area contributed by atoms with Gasteiger partial charge in [0, 0.05) is 25.7 Å². The van der Waals surface area contributed by atoms with Crippen LogP contribution in [0.1, 0.15) is 54.3 Å². The van der Waals surface area contributed by atoms with E-state index in [1.54, 1.807) is 4.68 Å². The molecule has 7 nitrogen and oxygen atoms in total. The summed E-state index contributed by atoms with van der Waals surface area (Å²) < 4.78 is 8.03. The van der Waals surface area contributed by atoms with E-state index < -0.39 is 17.6 Å². The molecule has 1 fully saturated rings. The maximum absolute atomic E-state index is 12.0. The number of carbonyl (C=O) groups is 1. The number of aryl methyl sites for hydroxylation is 2. The second kappa shape index (κ2) is 5.64. The van der Waals surface area contributed by atoms with Gasteiger partial charge in [-0.1, -0.05) is 29.0 Å². The molecule has 2 aromatic rings.